The molecule has 4 rings (SSSR count). The van der Waals surface area contributed by atoms with E-state index >= 15 is 0 Å². The SMILES string of the molecule is C(=Cc1cn2c(-c3cccs3)cnc2cn1)c1ccccc1. The van der Waals surface area contributed by atoms with Gasteiger partial charge in [0.25, 0.3) is 0 Å². The molecule has 0 atom stereocenters. The molecule has 0 spiro atoms. The van der Waals surface area contributed by atoms with Crippen molar-refractivity contribution < 1.29 is 0 Å². The van der Waals surface area contributed by atoms with Crippen LogP contribution in [-0.4, -0.2) is 14.4 Å². The van der Waals surface area contributed by atoms with Gasteiger partial charge in [0.2, 0.25) is 0 Å². The molecule has 0 amide bonds. The molecule has 0 bridgehead atoms. The third kappa shape index (κ3) is 2.44. The smallest absolute Gasteiger partial charge is 0.155 e. The summed E-state index contributed by atoms with van der Waals surface area (Å²) in [6.07, 6.45) is 9.81. The minimum Gasteiger partial charge on any atom is -0.295 e. The topological polar surface area (TPSA) is 30.2 Å². The predicted octanol–water partition coefficient (Wildman–Crippen LogP) is 4.63. The monoisotopic (exact) mass is 303 g/mol. The zero-order chi connectivity index (χ0) is 14.8. The number of hydrogen-bond acceptors (Lipinski definition) is 3. The maximum atomic E-state index is 4.45. The first-order valence-electron chi connectivity index (χ1n) is 7.00. The van der Waals surface area contributed by atoms with Crippen molar-refractivity contribution in [2.75, 3.05) is 0 Å². The van der Waals surface area contributed by atoms with E-state index in [2.05, 4.69) is 50.1 Å². The van der Waals surface area contributed by atoms with Gasteiger partial charge in [-0.2, -0.15) is 0 Å². The fourth-order valence-electron chi connectivity index (χ4n) is 2.34. The fourth-order valence-corrected chi connectivity index (χ4v) is 3.08. The van der Waals surface area contributed by atoms with Crippen molar-refractivity contribution >= 4 is 29.1 Å². The number of rotatable bonds is 3. The lowest BCUT2D eigenvalue weighted by Gasteiger charge is -2.00. The van der Waals surface area contributed by atoms with Gasteiger partial charge in [-0.1, -0.05) is 42.5 Å². The summed E-state index contributed by atoms with van der Waals surface area (Å²) in [6, 6.07) is 14.4. The highest BCUT2D eigenvalue weighted by molar-refractivity contribution is 7.13. The Morgan fingerprint density at radius 3 is 2.64 bits per heavy atom. The van der Waals surface area contributed by atoms with E-state index in [9.17, 15) is 0 Å². The van der Waals surface area contributed by atoms with Crippen molar-refractivity contribution in [1.29, 1.82) is 0 Å². The minimum atomic E-state index is 0.861. The van der Waals surface area contributed by atoms with Gasteiger partial charge in [-0.05, 0) is 23.1 Å². The molecule has 22 heavy (non-hydrogen) atoms. The summed E-state index contributed by atoms with van der Waals surface area (Å²) < 4.78 is 2.09. The van der Waals surface area contributed by atoms with Crippen LogP contribution in [0.3, 0.4) is 0 Å². The number of aromatic nitrogens is 3. The van der Waals surface area contributed by atoms with Gasteiger partial charge in [0.05, 0.1) is 28.7 Å². The van der Waals surface area contributed by atoms with Crippen LogP contribution in [0.15, 0.2) is 66.4 Å². The lowest BCUT2D eigenvalue weighted by molar-refractivity contribution is 1.12. The average molecular weight is 303 g/mol. The number of benzene rings is 1. The first-order valence-corrected chi connectivity index (χ1v) is 7.88. The van der Waals surface area contributed by atoms with E-state index in [1.54, 1.807) is 11.3 Å². The Hall–Kier alpha value is -2.72. The number of thiophene rings is 1. The zero-order valence-corrected chi connectivity index (χ0v) is 12.6. The second kappa shape index (κ2) is 5.58. The molecule has 106 valence electrons. The molecule has 0 saturated heterocycles. The highest BCUT2D eigenvalue weighted by Crippen LogP contribution is 2.25. The Kier molecular flexibility index (Phi) is 3.29. The second-order valence-electron chi connectivity index (χ2n) is 4.91. The molecular weight excluding hydrogens is 290 g/mol. The van der Waals surface area contributed by atoms with E-state index in [0.29, 0.717) is 0 Å². The molecule has 0 radical (unpaired) electrons. The van der Waals surface area contributed by atoms with Crippen molar-refractivity contribution in [1.82, 2.24) is 14.4 Å². The Morgan fingerprint density at radius 2 is 1.82 bits per heavy atom. The zero-order valence-electron chi connectivity index (χ0n) is 11.8. The summed E-state index contributed by atoms with van der Waals surface area (Å²) in [7, 11) is 0. The molecule has 0 N–H and O–H groups in total. The Balaban J connectivity index is 1.74. The molecule has 0 aliphatic rings. The third-order valence-corrected chi connectivity index (χ3v) is 4.33. The van der Waals surface area contributed by atoms with E-state index in [1.807, 2.05) is 42.9 Å². The Labute approximate surface area is 132 Å². The summed E-state index contributed by atoms with van der Waals surface area (Å²) in [5.74, 6) is 0. The second-order valence-corrected chi connectivity index (χ2v) is 5.85. The number of nitrogens with zero attached hydrogens (tertiary/aromatic N) is 3. The Morgan fingerprint density at radius 1 is 0.909 bits per heavy atom. The van der Waals surface area contributed by atoms with Gasteiger partial charge in [0, 0.05) is 6.20 Å². The maximum Gasteiger partial charge on any atom is 0.155 e. The normalized spacial score (nSPS) is 11.5. The van der Waals surface area contributed by atoms with E-state index in [0.717, 1.165) is 22.6 Å². The van der Waals surface area contributed by atoms with Crippen LogP contribution in [-0.2, 0) is 0 Å². The van der Waals surface area contributed by atoms with Crippen LogP contribution >= 0.6 is 11.3 Å². The van der Waals surface area contributed by atoms with Crippen molar-refractivity contribution in [3.05, 3.63) is 77.7 Å². The molecule has 4 aromatic rings. The largest absolute Gasteiger partial charge is 0.295 e. The van der Waals surface area contributed by atoms with E-state index in [4.69, 9.17) is 0 Å². The maximum absolute atomic E-state index is 4.45. The van der Waals surface area contributed by atoms with E-state index in [-0.39, 0.29) is 0 Å². The van der Waals surface area contributed by atoms with Crippen molar-refractivity contribution in [3.63, 3.8) is 0 Å². The highest BCUT2D eigenvalue weighted by Gasteiger charge is 2.07. The van der Waals surface area contributed by atoms with Gasteiger partial charge in [-0.25, -0.2) is 4.98 Å². The number of imidazole rings is 1. The predicted molar refractivity (Wildman–Crippen MR) is 91.7 cm³/mol. The molecule has 0 unspecified atom stereocenters. The fraction of sp³-hybridized carbons (Fsp3) is 0. The number of hydrogen-bond donors (Lipinski definition) is 0. The molecule has 3 heterocycles. The van der Waals surface area contributed by atoms with Crippen LogP contribution in [0.25, 0.3) is 28.4 Å². The average Bonchev–Trinajstić information content (AvgIpc) is 3.22. The molecule has 0 saturated carbocycles. The van der Waals surface area contributed by atoms with Crippen LogP contribution in [0.4, 0.5) is 0 Å². The van der Waals surface area contributed by atoms with Gasteiger partial charge < -0.3 is 0 Å². The van der Waals surface area contributed by atoms with Crippen LogP contribution in [0.5, 0.6) is 0 Å². The van der Waals surface area contributed by atoms with Crippen molar-refractivity contribution in [3.8, 4) is 10.6 Å². The van der Waals surface area contributed by atoms with E-state index < -0.39 is 0 Å². The summed E-state index contributed by atoms with van der Waals surface area (Å²) in [6.45, 7) is 0. The minimum absolute atomic E-state index is 0.861. The standard InChI is InChI=1S/C18H13N3S/c1-2-5-14(6-3-1)8-9-15-13-21-16(17-7-4-10-22-17)11-20-18(21)12-19-15/h1-13H. The van der Waals surface area contributed by atoms with Crippen LogP contribution in [0, 0.1) is 0 Å². The summed E-state index contributed by atoms with van der Waals surface area (Å²) in [5.41, 5.74) is 4.03. The highest BCUT2D eigenvalue weighted by atomic mass is 32.1. The molecule has 3 aromatic heterocycles. The Bertz CT molecular complexity index is 922. The molecule has 4 heteroatoms. The summed E-state index contributed by atoms with van der Waals surface area (Å²) in [4.78, 5) is 10.1. The first kappa shape index (κ1) is 13.0. The van der Waals surface area contributed by atoms with Crippen molar-refractivity contribution in [2.24, 2.45) is 0 Å². The van der Waals surface area contributed by atoms with Gasteiger partial charge in [-0.15, -0.1) is 11.3 Å². The van der Waals surface area contributed by atoms with E-state index in [1.165, 1.54) is 4.88 Å². The molecular formula is C18H13N3S. The summed E-state index contributed by atoms with van der Waals surface area (Å²) in [5, 5.41) is 2.08. The molecule has 3 nitrogen and oxygen atoms in total. The quantitative estimate of drug-likeness (QED) is 0.552. The lowest BCUT2D eigenvalue weighted by atomic mass is 10.2. The van der Waals surface area contributed by atoms with Gasteiger partial charge in [0.15, 0.2) is 5.65 Å². The molecule has 1 aromatic carbocycles. The summed E-state index contributed by atoms with van der Waals surface area (Å²) >= 11 is 1.71. The van der Waals surface area contributed by atoms with Crippen molar-refractivity contribution in [2.45, 2.75) is 0 Å². The first-order chi connectivity index (χ1) is 10.9. The molecule has 0 aliphatic heterocycles. The lowest BCUT2D eigenvalue weighted by Crippen LogP contribution is -1.91. The van der Waals surface area contributed by atoms with Gasteiger partial charge in [0.1, 0.15) is 0 Å². The van der Waals surface area contributed by atoms with Crippen LogP contribution < -0.4 is 0 Å². The van der Waals surface area contributed by atoms with Crippen LogP contribution in [0.1, 0.15) is 11.3 Å². The van der Waals surface area contributed by atoms with Gasteiger partial charge >= 0.3 is 0 Å². The van der Waals surface area contributed by atoms with Crippen LogP contribution in [0.2, 0.25) is 0 Å². The number of fused-ring (bicyclic) bond motifs is 1. The molecule has 0 fully saturated rings. The third-order valence-electron chi connectivity index (χ3n) is 3.44. The van der Waals surface area contributed by atoms with Gasteiger partial charge in [-0.3, -0.25) is 9.38 Å². The molecule has 0 aliphatic carbocycles.